The predicted octanol–water partition coefficient (Wildman–Crippen LogP) is 1.43. The summed E-state index contributed by atoms with van der Waals surface area (Å²) in [5.74, 6) is -0.767. The van der Waals surface area contributed by atoms with E-state index in [-0.39, 0.29) is 11.5 Å². The molecular weight excluding hydrogens is 184 g/mol. The van der Waals surface area contributed by atoms with Gasteiger partial charge in [-0.15, -0.1) is 0 Å². The number of carboxylic acids is 1. The monoisotopic (exact) mass is 190 g/mol. The molecule has 0 atom stereocenters. The average molecular weight is 190 g/mol. The van der Waals surface area contributed by atoms with Crippen LogP contribution in [0.25, 0.3) is 11.5 Å². The molecule has 2 heterocycles. The second-order valence-corrected chi connectivity index (χ2v) is 2.56. The van der Waals surface area contributed by atoms with Crippen molar-refractivity contribution in [1.29, 1.82) is 0 Å². The maximum atomic E-state index is 10.8. The highest BCUT2D eigenvalue weighted by atomic mass is 16.4. The van der Waals surface area contributed by atoms with E-state index in [4.69, 9.17) is 9.52 Å². The third-order valence-corrected chi connectivity index (χ3v) is 1.71. The van der Waals surface area contributed by atoms with E-state index in [2.05, 4.69) is 9.97 Å². The van der Waals surface area contributed by atoms with E-state index in [9.17, 15) is 4.79 Å². The molecular formula is C9H6N2O3. The molecule has 0 aromatic carbocycles. The van der Waals surface area contributed by atoms with Crippen molar-refractivity contribution in [2.24, 2.45) is 0 Å². The zero-order valence-corrected chi connectivity index (χ0v) is 7.04. The molecule has 2 rings (SSSR count). The first-order chi connectivity index (χ1) is 6.79. The van der Waals surface area contributed by atoms with Gasteiger partial charge in [-0.1, -0.05) is 0 Å². The van der Waals surface area contributed by atoms with Crippen molar-refractivity contribution in [3.05, 3.63) is 36.5 Å². The van der Waals surface area contributed by atoms with E-state index >= 15 is 0 Å². The number of oxazole rings is 1. The van der Waals surface area contributed by atoms with E-state index in [0.29, 0.717) is 5.56 Å². The lowest BCUT2D eigenvalue weighted by Crippen LogP contribution is -2.00. The van der Waals surface area contributed by atoms with E-state index in [1.807, 2.05) is 0 Å². The molecule has 1 N–H and O–H groups in total. The summed E-state index contributed by atoms with van der Waals surface area (Å²) in [5.41, 5.74) is 0.507. The summed E-state index contributed by atoms with van der Waals surface area (Å²) < 4.78 is 5.01. The quantitative estimate of drug-likeness (QED) is 0.775. The second-order valence-electron chi connectivity index (χ2n) is 2.56. The van der Waals surface area contributed by atoms with Crippen molar-refractivity contribution in [3.63, 3.8) is 0 Å². The number of pyridine rings is 1. The number of hydrogen-bond donors (Lipinski definition) is 1. The van der Waals surface area contributed by atoms with Crippen LogP contribution in [-0.4, -0.2) is 21.0 Å². The van der Waals surface area contributed by atoms with Crippen molar-refractivity contribution >= 4 is 5.97 Å². The molecule has 0 aliphatic heterocycles. The Labute approximate surface area is 79.0 Å². The molecule has 0 saturated carbocycles. The molecule has 0 aliphatic carbocycles. The Kier molecular flexibility index (Phi) is 1.98. The zero-order valence-electron chi connectivity index (χ0n) is 7.04. The summed E-state index contributed by atoms with van der Waals surface area (Å²) >= 11 is 0. The molecule has 0 fully saturated rings. The maximum Gasteiger partial charge on any atom is 0.338 e. The van der Waals surface area contributed by atoms with Crippen molar-refractivity contribution in [2.75, 3.05) is 0 Å². The summed E-state index contributed by atoms with van der Waals surface area (Å²) in [7, 11) is 0. The first kappa shape index (κ1) is 8.43. The lowest BCUT2D eigenvalue weighted by Gasteiger charge is -1.99. The number of carboxylic acid groups (broad SMARTS) is 1. The van der Waals surface area contributed by atoms with Crippen LogP contribution in [-0.2, 0) is 0 Å². The molecule has 0 unspecified atom stereocenters. The van der Waals surface area contributed by atoms with Gasteiger partial charge in [-0.25, -0.2) is 9.78 Å². The van der Waals surface area contributed by atoms with Crippen LogP contribution in [0.1, 0.15) is 10.4 Å². The largest absolute Gasteiger partial charge is 0.478 e. The minimum Gasteiger partial charge on any atom is -0.478 e. The number of aromatic nitrogens is 2. The molecule has 5 heteroatoms. The van der Waals surface area contributed by atoms with E-state index in [1.165, 1.54) is 24.9 Å². The Morgan fingerprint density at radius 2 is 2.29 bits per heavy atom. The minimum absolute atomic E-state index is 0.0787. The first-order valence-electron chi connectivity index (χ1n) is 3.86. The molecule has 14 heavy (non-hydrogen) atoms. The van der Waals surface area contributed by atoms with Gasteiger partial charge in [-0.3, -0.25) is 4.98 Å². The van der Waals surface area contributed by atoms with Gasteiger partial charge in [0.25, 0.3) is 0 Å². The highest BCUT2D eigenvalue weighted by Gasteiger charge is 2.13. The molecule has 0 amide bonds. The van der Waals surface area contributed by atoms with Crippen LogP contribution in [0.5, 0.6) is 0 Å². The molecule has 0 bridgehead atoms. The summed E-state index contributed by atoms with van der Waals surface area (Å²) in [4.78, 5) is 18.4. The summed E-state index contributed by atoms with van der Waals surface area (Å²) in [6.07, 6.45) is 5.61. The van der Waals surface area contributed by atoms with Crippen LogP contribution in [0.15, 0.2) is 35.3 Å². The second kappa shape index (κ2) is 3.29. The van der Waals surface area contributed by atoms with Gasteiger partial charge in [0, 0.05) is 12.4 Å². The summed E-state index contributed by atoms with van der Waals surface area (Å²) in [6, 6.07) is 1.55. The summed E-state index contributed by atoms with van der Waals surface area (Å²) in [6.45, 7) is 0. The molecule has 0 aliphatic rings. The Morgan fingerprint density at radius 1 is 1.43 bits per heavy atom. The number of aromatic carboxylic acids is 1. The fourth-order valence-electron chi connectivity index (χ4n) is 1.11. The fourth-order valence-corrected chi connectivity index (χ4v) is 1.11. The molecule has 70 valence electrons. The molecule has 0 spiro atoms. The van der Waals surface area contributed by atoms with Crippen LogP contribution in [0.2, 0.25) is 0 Å². The number of carbonyl (C=O) groups is 1. The van der Waals surface area contributed by atoms with E-state index in [0.717, 1.165) is 0 Å². The van der Waals surface area contributed by atoms with E-state index < -0.39 is 5.97 Å². The van der Waals surface area contributed by atoms with Gasteiger partial charge in [0.1, 0.15) is 6.26 Å². The summed E-state index contributed by atoms with van der Waals surface area (Å²) in [5, 5.41) is 8.86. The molecule has 5 nitrogen and oxygen atoms in total. The predicted molar refractivity (Wildman–Crippen MR) is 46.7 cm³/mol. The van der Waals surface area contributed by atoms with Crippen LogP contribution < -0.4 is 0 Å². The smallest absolute Gasteiger partial charge is 0.338 e. The normalized spacial score (nSPS) is 10.0. The SMILES string of the molecule is O=C(O)c1cnccc1-c1ncco1. The van der Waals surface area contributed by atoms with Gasteiger partial charge in [0.2, 0.25) is 5.89 Å². The van der Waals surface area contributed by atoms with Gasteiger partial charge in [0.05, 0.1) is 17.3 Å². The Bertz CT molecular complexity index is 451. The van der Waals surface area contributed by atoms with Crippen LogP contribution >= 0.6 is 0 Å². The first-order valence-corrected chi connectivity index (χ1v) is 3.86. The zero-order chi connectivity index (χ0) is 9.97. The highest BCUT2D eigenvalue weighted by Crippen LogP contribution is 2.20. The fraction of sp³-hybridized carbons (Fsp3) is 0. The third kappa shape index (κ3) is 1.35. The third-order valence-electron chi connectivity index (χ3n) is 1.71. The van der Waals surface area contributed by atoms with Crippen molar-refractivity contribution in [2.45, 2.75) is 0 Å². The van der Waals surface area contributed by atoms with Crippen LogP contribution in [0.4, 0.5) is 0 Å². The molecule has 2 aromatic rings. The van der Waals surface area contributed by atoms with Crippen LogP contribution in [0.3, 0.4) is 0 Å². The minimum atomic E-state index is -1.05. The Hall–Kier alpha value is -2.17. The van der Waals surface area contributed by atoms with Gasteiger partial charge < -0.3 is 9.52 Å². The number of hydrogen-bond acceptors (Lipinski definition) is 4. The van der Waals surface area contributed by atoms with Gasteiger partial charge in [-0.05, 0) is 6.07 Å². The van der Waals surface area contributed by atoms with Gasteiger partial charge >= 0.3 is 5.97 Å². The van der Waals surface area contributed by atoms with Crippen molar-refractivity contribution in [1.82, 2.24) is 9.97 Å². The molecule has 2 aromatic heterocycles. The van der Waals surface area contributed by atoms with Crippen molar-refractivity contribution < 1.29 is 14.3 Å². The average Bonchev–Trinajstić information content (AvgIpc) is 2.70. The lowest BCUT2D eigenvalue weighted by molar-refractivity contribution is 0.0697. The standard InChI is InChI=1S/C9H6N2O3/c12-9(13)7-5-10-2-1-6(7)8-11-3-4-14-8/h1-5H,(H,12,13). The number of rotatable bonds is 2. The topological polar surface area (TPSA) is 76.2 Å². The molecule has 0 saturated heterocycles. The Balaban J connectivity index is 2.58. The van der Waals surface area contributed by atoms with Gasteiger partial charge in [-0.2, -0.15) is 0 Å². The highest BCUT2D eigenvalue weighted by molar-refractivity contribution is 5.94. The van der Waals surface area contributed by atoms with Crippen molar-refractivity contribution in [3.8, 4) is 11.5 Å². The maximum absolute atomic E-state index is 10.8. The Morgan fingerprint density at radius 3 is 2.93 bits per heavy atom. The van der Waals surface area contributed by atoms with Gasteiger partial charge in [0.15, 0.2) is 0 Å². The molecule has 0 radical (unpaired) electrons. The van der Waals surface area contributed by atoms with Crippen LogP contribution in [0, 0.1) is 0 Å². The number of nitrogens with zero attached hydrogens (tertiary/aromatic N) is 2. The van der Waals surface area contributed by atoms with E-state index in [1.54, 1.807) is 6.07 Å². The lowest BCUT2D eigenvalue weighted by atomic mass is 10.1.